The predicted molar refractivity (Wildman–Crippen MR) is 177 cm³/mol. The molecule has 1 atom stereocenters. The van der Waals surface area contributed by atoms with Crippen molar-refractivity contribution in [3.05, 3.63) is 82.5 Å². The van der Waals surface area contributed by atoms with Gasteiger partial charge in [-0.05, 0) is 94.9 Å². The van der Waals surface area contributed by atoms with E-state index in [1.165, 1.54) is 0 Å². The standard InChI is InChI=1S/C38H52O6/c1-11-16-28(30-24-36(6,7)22-26(32(30)40)18-15-20-38(10,13-3)34(43)44)27(12-2)29-23-35(4,5)21-25(31(29)39)17-14-19-37(8,9)33(41)42/h11-12,16,21-24H,2,13-15,17-20H2,1,3-10H3,(H,41,42)(H,43,44)/b16-11-,28-27-. The lowest BCUT2D eigenvalue weighted by molar-refractivity contribution is -0.149. The first-order chi connectivity index (χ1) is 20.2. The highest BCUT2D eigenvalue weighted by molar-refractivity contribution is 6.16. The maximum absolute atomic E-state index is 14.0. The fraction of sp³-hybridized carbons (Fsp3) is 0.526. The number of ketones is 2. The molecule has 2 N–H and O–H groups in total. The maximum atomic E-state index is 14.0. The highest BCUT2D eigenvalue weighted by Crippen LogP contribution is 2.41. The molecule has 6 heteroatoms. The molecule has 2 rings (SSSR count). The summed E-state index contributed by atoms with van der Waals surface area (Å²) in [4.78, 5) is 51.4. The molecular weight excluding hydrogens is 552 g/mol. The third-order valence-electron chi connectivity index (χ3n) is 8.90. The summed E-state index contributed by atoms with van der Waals surface area (Å²) in [7, 11) is 0. The van der Waals surface area contributed by atoms with Crippen molar-refractivity contribution in [2.75, 3.05) is 0 Å². The van der Waals surface area contributed by atoms with Gasteiger partial charge in [0.15, 0.2) is 11.6 Å². The van der Waals surface area contributed by atoms with Crippen molar-refractivity contribution in [3.63, 3.8) is 0 Å². The SMILES string of the molecule is C=C/C(C1=CC(C)(C)C=C(CCCC(C)(C)C(=O)O)C1=O)=C(\C=C/C)C1=CC(C)(C)C=C(CCCC(C)(CC)C(=O)O)C1=O. The second-order valence-electron chi connectivity index (χ2n) is 14.4. The molecule has 2 aliphatic rings. The summed E-state index contributed by atoms with van der Waals surface area (Å²) in [5, 5.41) is 19.2. The molecule has 0 fully saturated rings. The Labute approximate surface area is 264 Å². The van der Waals surface area contributed by atoms with E-state index in [9.17, 15) is 29.4 Å². The van der Waals surface area contributed by atoms with Gasteiger partial charge in [0.25, 0.3) is 0 Å². The average molecular weight is 605 g/mol. The van der Waals surface area contributed by atoms with Crippen molar-refractivity contribution in [1.29, 1.82) is 0 Å². The molecule has 0 aromatic rings. The van der Waals surface area contributed by atoms with Crippen molar-refractivity contribution < 1.29 is 29.4 Å². The Kier molecular flexibility index (Phi) is 11.7. The molecular formula is C38H52O6. The van der Waals surface area contributed by atoms with Crippen LogP contribution in [0.15, 0.2) is 82.5 Å². The monoisotopic (exact) mass is 604 g/mol. The number of carbonyl (C=O) groups is 4. The van der Waals surface area contributed by atoms with E-state index in [0.29, 0.717) is 78.4 Å². The summed E-state index contributed by atoms with van der Waals surface area (Å²) in [5.74, 6) is -1.95. The fourth-order valence-corrected chi connectivity index (χ4v) is 5.89. The van der Waals surface area contributed by atoms with Crippen molar-refractivity contribution in [1.82, 2.24) is 0 Å². The van der Waals surface area contributed by atoms with E-state index in [2.05, 4.69) is 6.58 Å². The molecule has 0 aromatic heterocycles. The normalized spacial score (nSPS) is 20.2. The Morgan fingerprint density at radius 3 is 1.64 bits per heavy atom. The molecule has 0 radical (unpaired) electrons. The number of aliphatic carboxylic acids is 2. The van der Waals surface area contributed by atoms with Gasteiger partial charge >= 0.3 is 11.9 Å². The van der Waals surface area contributed by atoms with E-state index in [0.717, 1.165) is 0 Å². The molecule has 240 valence electrons. The minimum absolute atomic E-state index is 0.125. The van der Waals surface area contributed by atoms with Crippen LogP contribution in [0, 0.1) is 21.7 Å². The minimum Gasteiger partial charge on any atom is -0.481 e. The molecule has 0 amide bonds. The van der Waals surface area contributed by atoms with Crippen LogP contribution in [0.4, 0.5) is 0 Å². The average Bonchev–Trinajstić information content (AvgIpc) is 2.91. The number of hydrogen-bond acceptors (Lipinski definition) is 4. The van der Waals surface area contributed by atoms with Crippen molar-refractivity contribution in [3.8, 4) is 0 Å². The largest absolute Gasteiger partial charge is 0.481 e. The second kappa shape index (κ2) is 14.0. The predicted octanol–water partition coefficient (Wildman–Crippen LogP) is 8.92. The number of Topliss-reactive ketones (excluding diaryl/α,β-unsaturated/α-hetero) is 2. The van der Waals surface area contributed by atoms with Gasteiger partial charge in [-0.15, -0.1) is 0 Å². The summed E-state index contributed by atoms with van der Waals surface area (Å²) in [6, 6.07) is 0. The molecule has 44 heavy (non-hydrogen) atoms. The second-order valence-corrected chi connectivity index (χ2v) is 14.4. The summed E-state index contributed by atoms with van der Waals surface area (Å²) in [5.41, 5.74) is 0.867. The Balaban J connectivity index is 2.51. The van der Waals surface area contributed by atoms with Gasteiger partial charge in [-0.3, -0.25) is 19.2 Å². The number of allylic oxidation sites excluding steroid dienone is 13. The fourth-order valence-electron chi connectivity index (χ4n) is 5.89. The van der Waals surface area contributed by atoms with Crippen LogP contribution in [0.2, 0.25) is 0 Å². The molecule has 0 heterocycles. The van der Waals surface area contributed by atoms with E-state index in [1.807, 2.05) is 78.0 Å². The first kappa shape index (κ1) is 36.7. The Morgan fingerprint density at radius 1 is 0.795 bits per heavy atom. The molecule has 0 spiro atoms. The molecule has 1 unspecified atom stereocenters. The topological polar surface area (TPSA) is 109 Å². The summed E-state index contributed by atoms with van der Waals surface area (Å²) < 4.78 is 0. The molecule has 0 aromatic carbocycles. The summed E-state index contributed by atoms with van der Waals surface area (Å²) in [6.07, 6.45) is 16.6. The zero-order chi connectivity index (χ0) is 33.7. The number of hydrogen-bond donors (Lipinski definition) is 2. The first-order valence-corrected chi connectivity index (χ1v) is 15.7. The minimum atomic E-state index is -0.883. The molecule has 0 aliphatic heterocycles. The summed E-state index contributed by atoms with van der Waals surface area (Å²) >= 11 is 0. The zero-order valence-electron chi connectivity index (χ0n) is 28.2. The number of carboxylic acid groups (broad SMARTS) is 2. The maximum Gasteiger partial charge on any atom is 0.309 e. The number of rotatable bonds is 15. The Bertz CT molecular complexity index is 1390. The van der Waals surface area contributed by atoms with E-state index in [1.54, 1.807) is 26.8 Å². The smallest absolute Gasteiger partial charge is 0.309 e. The van der Waals surface area contributed by atoms with Gasteiger partial charge in [0.2, 0.25) is 0 Å². The third-order valence-corrected chi connectivity index (χ3v) is 8.90. The van der Waals surface area contributed by atoms with E-state index in [4.69, 9.17) is 0 Å². The van der Waals surface area contributed by atoms with Crippen molar-refractivity contribution in [2.24, 2.45) is 21.7 Å². The zero-order valence-corrected chi connectivity index (χ0v) is 28.2. The highest BCUT2D eigenvalue weighted by atomic mass is 16.4. The van der Waals surface area contributed by atoms with E-state index < -0.39 is 33.6 Å². The van der Waals surface area contributed by atoms with E-state index in [-0.39, 0.29) is 11.6 Å². The summed E-state index contributed by atoms with van der Waals surface area (Å²) in [6.45, 7) is 21.0. The van der Waals surface area contributed by atoms with Gasteiger partial charge in [-0.2, -0.15) is 0 Å². The molecule has 0 saturated carbocycles. The van der Waals surface area contributed by atoms with E-state index >= 15 is 0 Å². The Hall–Kier alpha value is -3.54. The number of carbonyl (C=O) groups excluding carboxylic acids is 2. The first-order valence-electron chi connectivity index (χ1n) is 15.7. The van der Waals surface area contributed by atoms with Gasteiger partial charge in [-0.25, -0.2) is 0 Å². The van der Waals surface area contributed by atoms with Gasteiger partial charge in [0.1, 0.15) is 0 Å². The van der Waals surface area contributed by atoms with Crippen LogP contribution in [0.3, 0.4) is 0 Å². The van der Waals surface area contributed by atoms with Crippen LogP contribution in [0.25, 0.3) is 0 Å². The van der Waals surface area contributed by atoms with Gasteiger partial charge in [-0.1, -0.05) is 83.7 Å². The third kappa shape index (κ3) is 8.77. The molecule has 6 nitrogen and oxygen atoms in total. The number of carboxylic acids is 2. The van der Waals surface area contributed by atoms with Crippen LogP contribution < -0.4 is 0 Å². The van der Waals surface area contributed by atoms with Gasteiger partial charge in [0.05, 0.1) is 10.8 Å². The molecule has 0 saturated heterocycles. The lowest BCUT2D eigenvalue weighted by Crippen LogP contribution is -2.27. The Morgan fingerprint density at radius 2 is 1.25 bits per heavy atom. The van der Waals surface area contributed by atoms with Crippen LogP contribution >= 0.6 is 0 Å². The van der Waals surface area contributed by atoms with Crippen LogP contribution in [-0.4, -0.2) is 33.7 Å². The van der Waals surface area contributed by atoms with Crippen molar-refractivity contribution in [2.45, 2.75) is 107 Å². The van der Waals surface area contributed by atoms with Gasteiger partial charge in [0, 0.05) is 22.0 Å². The van der Waals surface area contributed by atoms with Crippen LogP contribution in [0.1, 0.15) is 107 Å². The lowest BCUT2D eigenvalue weighted by Gasteiger charge is -2.30. The van der Waals surface area contributed by atoms with Crippen molar-refractivity contribution >= 4 is 23.5 Å². The molecule has 2 aliphatic carbocycles. The molecule has 0 bridgehead atoms. The highest BCUT2D eigenvalue weighted by Gasteiger charge is 2.35. The quantitative estimate of drug-likeness (QED) is 0.181. The van der Waals surface area contributed by atoms with Crippen LogP contribution in [0.5, 0.6) is 0 Å². The van der Waals surface area contributed by atoms with Crippen LogP contribution in [-0.2, 0) is 19.2 Å². The lowest BCUT2D eigenvalue weighted by atomic mass is 9.73. The van der Waals surface area contributed by atoms with Gasteiger partial charge < -0.3 is 10.2 Å².